The van der Waals surface area contributed by atoms with Crippen molar-refractivity contribution >= 4 is 60.9 Å². The fraction of sp³-hybridized carbons (Fsp3) is 0. The zero-order chi connectivity index (χ0) is 41.7. The van der Waals surface area contributed by atoms with Crippen LogP contribution in [0.2, 0.25) is 0 Å². The predicted molar refractivity (Wildman–Crippen MR) is 263 cm³/mol. The van der Waals surface area contributed by atoms with Crippen LogP contribution >= 0.6 is 0 Å². The van der Waals surface area contributed by atoms with Gasteiger partial charge in [-0.25, -0.2) is 0 Å². The van der Waals surface area contributed by atoms with E-state index in [1.165, 1.54) is 27.8 Å². The first kappa shape index (κ1) is 36.5. The summed E-state index contributed by atoms with van der Waals surface area (Å²) < 4.78 is 12.6. The number of para-hydroxylation sites is 3. The molecular formula is C60H39NO2. The maximum absolute atomic E-state index is 6.45. The molecule has 0 aliphatic heterocycles. The van der Waals surface area contributed by atoms with Crippen LogP contribution in [-0.4, -0.2) is 0 Å². The van der Waals surface area contributed by atoms with E-state index >= 15 is 0 Å². The number of rotatable bonds is 8. The first-order valence-corrected chi connectivity index (χ1v) is 21.4. The highest BCUT2D eigenvalue weighted by Gasteiger charge is 2.18. The molecule has 3 heteroatoms. The van der Waals surface area contributed by atoms with E-state index < -0.39 is 0 Å². The predicted octanol–water partition coefficient (Wildman–Crippen LogP) is 17.3. The Labute approximate surface area is 365 Å². The minimum Gasteiger partial charge on any atom is -0.456 e. The number of hydrogen-bond acceptors (Lipinski definition) is 3. The number of nitrogens with zero attached hydrogens (tertiary/aromatic N) is 1. The van der Waals surface area contributed by atoms with Gasteiger partial charge < -0.3 is 13.7 Å². The molecule has 3 nitrogen and oxygen atoms in total. The van der Waals surface area contributed by atoms with Gasteiger partial charge in [0.05, 0.1) is 0 Å². The topological polar surface area (TPSA) is 29.5 Å². The molecule has 0 saturated carbocycles. The zero-order valence-electron chi connectivity index (χ0n) is 34.3. The van der Waals surface area contributed by atoms with Crippen molar-refractivity contribution in [3.05, 3.63) is 237 Å². The highest BCUT2D eigenvalue weighted by Crippen LogP contribution is 2.42. The van der Waals surface area contributed by atoms with Gasteiger partial charge in [0.1, 0.15) is 22.3 Å². The van der Waals surface area contributed by atoms with Gasteiger partial charge in [0.2, 0.25) is 0 Å². The molecule has 0 aliphatic rings. The van der Waals surface area contributed by atoms with Crippen molar-refractivity contribution in [2.24, 2.45) is 0 Å². The van der Waals surface area contributed by atoms with Gasteiger partial charge in [-0.3, -0.25) is 0 Å². The summed E-state index contributed by atoms with van der Waals surface area (Å²) in [6.07, 6.45) is 0. The Morgan fingerprint density at radius 3 is 1.35 bits per heavy atom. The summed E-state index contributed by atoms with van der Waals surface area (Å²) in [6.45, 7) is 0. The summed E-state index contributed by atoms with van der Waals surface area (Å²) in [5.74, 6) is 0. The number of furan rings is 2. The summed E-state index contributed by atoms with van der Waals surface area (Å²) in [6, 6.07) is 84.3. The third-order valence-electron chi connectivity index (χ3n) is 12.3. The van der Waals surface area contributed by atoms with Crippen molar-refractivity contribution in [1.29, 1.82) is 0 Å². The van der Waals surface area contributed by atoms with Crippen molar-refractivity contribution in [3.8, 4) is 55.6 Å². The fourth-order valence-corrected chi connectivity index (χ4v) is 9.13. The SMILES string of the molecule is c1ccc(-c2cc(-c3ccccc3)cc(-c3ccc(N(c4ccc(-c5cccc6c5oc5ccccc56)cc4)c4cccc(-c5ccc6oc7ccccc7c6c5)c4)cc3)c2)cc1. The highest BCUT2D eigenvalue weighted by atomic mass is 16.3. The zero-order valence-corrected chi connectivity index (χ0v) is 34.3. The molecule has 63 heavy (non-hydrogen) atoms. The molecule has 10 aromatic carbocycles. The highest BCUT2D eigenvalue weighted by molar-refractivity contribution is 6.10. The summed E-state index contributed by atoms with van der Waals surface area (Å²) in [5, 5.41) is 4.49. The first-order chi connectivity index (χ1) is 31.2. The van der Waals surface area contributed by atoms with Crippen LogP contribution in [0, 0.1) is 0 Å². The Hall–Kier alpha value is -8.40. The largest absolute Gasteiger partial charge is 0.456 e. The van der Waals surface area contributed by atoms with Crippen molar-refractivity contribution in [3.63, 3.8) is 0 Å². The molecule has 0 saturated heterocycles. The molecule has 0 atom stereocenters. The van der Waals surface area contributed by atoms with Crippen LogP contribution in [0.3, 0.4) is 0 Å². The lowest BCUT2D eigenvalue weighted by Gasteiger charge is -2.26. The van der Waals surface area contributed by atoms with Crippen LogP contribution in [0.1, 0.15) is 0 Å². The van der Waals surface area contributed by atoms with E-state index in [0.29, 0.717) is 0 Å². The molecule has 0 radical (unpaired) electrons. The second-order valence-electron chi connectivity index (χ2n) is 16.1. The van der Waals surface area contributed by atoms with Crippen LogP contribution in [0.5, 0.6) is 0 Å². The number of anilines is 3. The minimum absolute atomic E-state index is 0.890. The molecule has 2 heterocycles. The van der Waals surface area contributed by atoms with Gasteiger partial charge in [-0.2, -0.15) is 0 Å². The molecule has 12 aromatic rings. The van der Waals surface area contributed by atoms with Gasteiger partial charge in [0.25, 0.3) is 0 Å². The monoisotopic (exact) mass is 805 g/mol. The Morgan fingerprint density at radius 1 is 0.238 bits per heavy atom. The van der Waals surface area contributed by atoms with Crippen molar-refractivity contribution < 1.29 is 8.83 Å². The fourth-order valence-electron chi connectivity index (χ4n) is 9.13. The maximum atomic E-state index is 6.45. The molecule has 0 bridgehead atoms. The number of hydrogen-bond donors (Lipinski definition) is 0. The van der Waals surface area contributed by atoms with Gasteiger partial charge in [0, 0.05) is 44.2 Å². The molecule has 0 amide bonds. The molecule has 0 N–H and O–H groups in total. The summed E-state index contributed by atoms with van der Waals surface area (Å²) in [4.78, 5) is 2.35. The van der Waals surface area contributed by atoms with Crippen molar-refractivity contribution in [1.82, 2.24) is 0 Å². The lowest BCUT2D eigenvalue weighted by Crippen LogP contribution is -2.10. The van der Waals surface area contributed by atoms with Gasteiger partial charge in [-0.05, 0) is 129 Å². The second kappa shape index (κ2) is 15.3. The lowest BCUT2D eigenvalue weighted by molar-refractivity contribution is 0.669. The Morgan fingerprint density at radius 2 is 0.698 bits per heavy atom. The number of benzene rings is 10. The molecule has 296 valence electrons. The Balaban J connectivity index is 0.965. The van der Waals surface area contributed by atoms with Crippen LogP contribution in [0.15, 0.2) is 245 Å². The Bertz CT molecular complexity index is 3540. The maximum Gasteiger partial charge on any atom is 0.143 e. The van der Waals surface area contributed by atoms with E-state index in [4.69, 9.17) is 8.83 Å². The minimum atomic E-state index is 0.890. The molecular weight excluding hydrogens is 767 g/mol. The normalized spacial score (nSPS) is 11.5. The first-order valence-electron chi connectivity index (χ1n) is 21.4. The van der Waals surface area contributed by atoms with E-state index in [2.05, 4.69) is 217 Å². The van der Waals surface area contributed by atoms with Crippen LogP contribution in [-0.2, 0) is 0 Å². The lowest BCUT2D eigenvalue weighted by atomic mass is 9.93. The quantitative estimate of drug-likeness (QED) is 0.153. The standard InChI is InChI=1S/C60H39NO2/c1-3-13-40(14-4-1)46-35-47(41-15-5-2-6-16-41)37-48(36-46)42-25-30-49(31-26-42)61(50-32-27-43(28-33-50)52-21-12-22-55-53-19-7-10-24-58(53)63-60(52)55)51-18-11-17-44(38-51)45-29-34-59-56(39-45)54-20-8-9-23-57(54)62-59/h1-39H. The van der Waals surface area contributed by atoms with E-state index in [9.17, 15) is 0 Å². The van der Waals surface area contributed by atoms with Crippen LogP contribution in [0.25, 0.3) is 99.5 Å². The van der Waals surface area contributed by atoms with Gasteiger partial charge in [0.15, 0.2) is 0 Å². The van der Waals surface area contributed by atoms with Gasteiger partial charge >= 0.3 is 0 Å². The molecule has 0 fully saturated rings. The third kappa shape index (κ3) is 6.64. The molecule has 0 unspecified atom stereocenters. The number of fused-ring (bicyclic) bond motifs is 6. The molecule has 12 rings (SSSR count). The second-order valence-corrected chi connectivity index (χ2v) is 16.1. The smallest absolute Gasteiger partial charge is 0.143 e. The Kier molecular flexibility index (Phi) is 8.83. The average molecular weight is 806 g/mol. The summed E-state index contributed by atoms with van der Waals surface area (Å²) in [7, 11) is 0. The van der Waals surface area contributed by atoms with Gasteiger partial charge in [-0.1, -0.05) is 158 Å². The van der Waals surface area contributed by atoms with Crippen LogP contribution < -0.4 is 4.90 Å². The van der Waals surface area contributed by atoms with E-state index in [1.54, 1.807) is 0 Å². The van der Waals surface area contributed by atoms with E-state index in [1.807, 2.05) is 24.3 Å². The van der Waals surface area contributed by atoms with Crippen molar-refractivity contribution in [2.75, 3.05) is 4.90 Å². The summed E-state index contributed by atoms with van der Waals surface area (Å²) >= 11 is 0. The average Bonchev–Trinajstić information content (AvgIpc) is 3.93. The van der Waals surface area contributed by atoms with Crippen LogP contribution in [0.4, 0.5) is 17.1 Å². The molecule has 0 spiro atoms. The van der Waals surface area contributed by atoms with Gasteiger partial charge in [-0.15, -0.1) is 0 Å². The van der Waals surface area contributed by atoms with E-state index in [0.717, 1.165) is 88.8 Å². The summed E-state index contributed by atoms with van der Waals surface area (Å²) in [5.41, 5.74) is 18.3. The molecule has 0 aliphatic carbocycles. The van der Waals surface area contributed by atoms with E-state index in [-0.39, 0.29) is 0 Å². The molecule has 2 aromatic heterocycles. The van der Waals surface area contributed by atoms with Crippen molar-refractivity contribution in [2.45, 2.75) is 0 Å². The third-order valence-corrected chi connectivity index (χ3v) is 12.3.